The van der Waals surface area contributed by atoms with E-state index in [-0.39, 0.29) is 6.61 Å². The minimum atomic E-state index is -1.32. The van der Waals surface area contributed by atoms with Crippen molar-refractivity contribution in [3.05, 3.63) is 61.3 Å². The lowest BCUT2D eigenvalue weighted by molar-refractivity contribution is -0.152. The first-order chi connectivity index (χ1) is 12.4. The Balaban J connectivity index is 2.68. The quantitative estimate of drug-likeness (QED) is 0.401. The summed E-state index contributed by atoms with van der Waals surface area (Å²) in [6.07, 6.45) is 9.63. The van der Waals surface area contributed by atoms with E-state index in [4.69, 9.17) is 20.3 Å². The Kier molecular flexibility index (Phi) is 8.36. The van der Waals surface area contributed by atoms with Crippen molar-refractivity contribution in [3.8, 4) is 11.5 Å². The number of ether oxygens (including phenoxy) is 2. The average molecular weight is 357 g/mol. The SMILES string of the molecule is C=C/C=C\C=C\N=C(COc1ccc(OC(C)(C)C(=O)O)cc1)N=CN. The molecule has 1 aromatic rings. The second kappa shape index (κ2) is 10.5. The zero-order valence-corrected chi connectivity index (χ0v) is 14.8. The van der Waals surface area contributed by atoms with Gasteiger partial charge in [0.2, 0.25) is 0 Å². The minimum absolute atomic E-state index is 0.115. The zero-order chi connectivity index (χ0) is 19.4. The van der Waals surface area contributed by atoms with Crippen LogP contribution < -0.4 is 15.2 Å². The molecule has 0 aromatic heterocycles. The van der Waals surface area contributed by atoms with E-state index in [1.54, 1.807) is 54.8 Å². The normalized spacial score (nSPS) is 12.8. The number of rotatable bonds is 9. The first-order valence-electron chi connectivity index (χ1n) is 7.79. The molecule has 0 spiro atoms. The molecule has 26 heavy (non-hydrogen) atoms. The number of nitrogens with zero attached hydrogens (tertiary/aromatic N) is 2. The molecule has 0 saturated carbocycles. The van der Waals surface area contributed by atoms with Crippen LogP contribution >= 0.6 is 0 Å². The average Bonchev–Trinajstić information content (AvgIpc) is 2.60. The van der Waals surface area contributed by atoms with Crippen molar-refractivity contribution in [1.29, 1.82) is 0 Å². The molecule has 0 bridgehead atoms. The number of nitrogens with two attached hydrogens (primary N) is 1. The van der Waals surface area contributed by atoms with Gasteiger partial charge in [-0.15, -0.1) is 0 Å². The Labute approximate surface area is 152 Å². The maximum Gasteiger partial charge on any atom is 0.347 e. The topological polar surface area (TPSA) is 106 Å². The van der Waals surface area contributed by atoms with Crippen molar-refractivity contribution in [1.82, 2.24) is 0 Å². The van der Waals surface area contributed by atoms with Crippen LogP contribution in [-0.4, -0.2) is 35.5 Å². The number of hydrogen-bond acceptors (Lipinski definition) is 4. The number of aliphatic carboxylic acids is 1. The molecule has 0 amide bonds. The molecular formula is C19H23N3O4. The summed E-state index contributed by atoms with van der Waals surface area (Å²) in [5.74, 6) is 0.328. The van der Waals surface area contributed by atoms with Crippen molar-refractivity contribution in [2.75, 3.05) is 6.61 Å². The van der Waals surface area contributed by atoms with Crippen molar-refractivity contribution >= 4 is 18.1 Å². The number of carboxylic acid groups (broad SMARTS) is 1. The molecule has 1 rings (SSSR count). The molecule has 0 radical (unpaired) electrons. The second-order valence-electron chi connectivity index (χ2n) is 5.46. The van der Waals surface area contributed by atoms with Crippen LogP contribution in [0.2, 0.25) is 0 Å². The Hall–Kier alpha value is -3.35. The van der Waals surface area contributed by atoms with E-state index >= 15 is 0 Å². The van der Waals surface area contributed by atoms with Gasteiger partial charge in [-0.1, -0.05) is 24.8 Å². The summed E-state index contributed by atoms with van der Waals surface area (Å²) in [6.45, 7) is 6.64. The van der Waals surface area contributed by atoms with Gasteiger partial charge in [-0.05, 0) is 44.2 Å². The summed E-state index contributed by atoms with van der Waals surface area (Å²) in [6, 6.07) is 6.59. The maximum absolute atomic E-state index is 11.1. The lowest BCUT2D eigenvalue weighted by Crippen LogP contribution is -2.37. The zero-order valence-electron chi connectivity index (χ0n) is 14.8. The molecule has 0 atom stereocenters. The van der Waals surface area contributed by atoms with Crippen LogP contribution in [0, 0.1) is 0 Å². The highest BCUT2D eigenvalue weighted by Crippen LogP contribution is 2.22. The van der Waals surface area contributed by atoms with E-state index in [0.29, 0.717) is 17.3 Å². The van der Waals surface area contributed by atoms with Gasteiger partial charge in [-0.2, -0.15) is 0 Å². The third-order valence-corrected chi connectivity index (χ3v) is 2.97. The van der Waals surface area contributed by atoms with E-state index in [2.05, 4.69) is 16.6 Å². The predicted molar refractivity (Wildman–Crippen MR) is 103 cm³/mol. The Morgan fingerprint density at radius 1 is 1.23 bits per heavy atom. The van der Waals surface area contributed by atoms with E-state index in [0.717, 1.165) is 6.34 Å². The fraction of sp³-hybridized carbons (Fsp3) is 0.211. The lowest BCUT2D eigenvalue weighted by Gasteiger charge is -2.21. The van der Waals surface area contributed by atoms with Gasteiger partial charge < -0.3 is 20.3 Å². The van der Waals surface area contributed by atoms with Gasteiger partial charge in [0.1, 0.15) is 18.1 Å². The number of aliphatic imine (C=N–C) groups is 2. The number of allylic oxidation sites excluding steroid dienone is 4. The molecule has 1 aromatic carbocycles. The summed E-state index contributed by atoms with van der Waals surface area (Å²) in [7, 11) is 0. The highest BCUT2D eigenvalue weighted by atomic mass is 16.5. The summed E-state index contributed by atoms with van der Waals surface area (Å²) in [5.41, 5.74) is 3.99. The van der Waals surface area contributed by atoms with Gasteiger partial charge in [0.15, 0.2) is 11.4 Å². The number of benzene rings is 1. The molecule has 0 unspecified atom stereocenters. The molecule has 0 heterocycles. The Morgan fingerprint density at radius 2 is 1.88 bits per heavy atom. The van der Waals surface area contributed by atoms with Crippen LogP contribution in [0.5, 0.6) is 11.5 Å². The predicted octanol–water partition coefficient (Wildman–Crippen LogP) is 2.95. The fourth-order valence-corrected chi connectivity index (χ4v) is 1.61. The monoisotopic (exact) mass is 357 g/mol. The third-order valence-electron chi connectivity index (χ3n) is 2.97. The van der Waals surface area contributed by atoms with Crippen molar-refractivity contribution in [3.63, 3.8) is 0 Å². The van der Waals surface area contributed by atoms with Gasteiger partial charge >= 0.3 is 5.97 Å². The van der Waals surface area contributed by atoms with Crippen LogP contribution in [0.3, 0.4) is 0 Å². The molecule has 7 heteroatoms. The van der Waals surface area contributed by atoms with Crippen molar-refractivity contribution in [2.45, 2.75) is 19.4 Å². The van der Waals surface area contributed by atoms with Gasteiger partial charge in [0.05, 0.1) is 6.34 Å². The van der Waals surface area contributed by atoms with Crippen LogP contribution in [0.15, 0.2) is 71.3 Å². The second-order valence-corrected chi connectivity index (χ2v) is 5.46. The van der Waals surface area contributed by atoms with Gasteiger partial charge in [-0.25, -0.2) is 14.8 Å². The fourth-order valence-electron chi connectivity index (χ4n) is 1.61. The first-order valence-corrected chi connectivity index (χ1v) is 7.79. The summed E-state index contributed by atoms with van der Waals surface area (Å²) in [4.78, 5) is 19.2. The van der Waals surface area contributed by atoms with E-state index < -0.39 is 11.6 Å². The molecule has 0 saturated heterocycles. The van der Waals surface area contributed by atoms with Crippen molar-refractivity contribution in [2.24, 2.45) is 15.7 Å². The highest BCUT2D eigenvalue weighted by molar-refractivity contribution is 5.90. The molecular weight excluding hydrogens is 334 g/mol. The summed E-state index contributed by atoms with van der Waals surface area (Å²) < 4.78 is 11.0. The molecule has 3 N–H and O–H groups in total. The molecule has 0 fully saturated rings. The molecule has 0 aliphatic carbocycles. The van der Waals surface area contributed by atoms with Gasteiger partial charge in [0.25, 0.3) is 0 Å². The highest BCUT2D eigenvalue weighted by Gasteiger charge is 2.29. The van der Waals surface area contributed by atoms with Crippen LogP contribution in [0.25, 0.3) is 0 Å². The maximum atomic E-state index is 11.1. The van der Waals surface area contributed by atoms with Crippen LogP contribution in [-0.2, 0) is 4.79 Å². The third kappa shape index (κ3) is 7.48. The van der Waals surface area contributed by atoms with E-state index in [9.17, 15) is 4.79 Å². The Morgan fingerprint density at radius 3 is 2.46 bits per heavy atom. The standard InChI is InChI=1S/C19H23N3O4/c1-4-5-6-7-12-21-17(22-14-20)13-25-15-8-10-16(11-9-15)26-19(2,3)18(23)24/h4-12,14H,1,13H2,2-3H3,(H,23,24)(H2,20,21,22)/b6-5-,12-7+. The van der Waals surface area contributed by atoms with Gasteiger partial charge in [0, 0.05) is 6.20 Å². The number of carboxylic acids is 1. The summed E-state index contributed by atoms with van der Waals surface area (Å²) in [5, 5.41) is 9.07. The molecule has 7 nitrogen and oxygen atoms in total. The molecule has 0 aliphatic rings. The smallest absolute Gasteiger partial charge is 0.347 e. The molecule has 0 aliphatic heterocycles. The summed E-state index contributed by atoms with van der Waals surface area (Å²) >= 11 is 0. The Bertz CT molecular complexity index is 717. The van der Waals surface area contributed by atoms with Gasteiger partial charge in [-0.3, -0.25) is 0 Å². The molecule has 138 valence electrons. The number of hydrogen-bond donors (Lipinski definition) is 2. The van der Waals surface area contributed by atoms with Crippen molar-refractivity contribution < 1.29 is 19.4 Å². The lowest BCUT2D eigenvalue weighted by atomic mass is 10.1. The largest absolute Gasteiger partial charge is 0.486 e. The first kappa shape index (κ1) is 20.7. The van der Waals surface area contributed by atoms with Crippen LogP contribution in [0.4, 0.5) is 0 Å². The van der Waals surface area contributed by atoms with E-state index in [1.165, 1.54) is 13.8 Å². The van der Waals surface area contributed by atoms with Crippen LogP contribution in [0.1, 0.15) is 13.8 Å². The number of amidine groups is 1. The number of carbonyl (C=O) groups is 1. The van der Waals surface area contributed by atoms with E-state index in [1.807, 2.05) is 0 Å². The minimum Gasteiger partial charge on any atom is -0.486 e.